The minimum absolute atomic E-state index is 0.117. The van der Waals surface area contributed by atoms with Crippen LogP contribution in [0.15, 0.2) is 24.3 Å². The molecule has 2 heterocycles. The van der Waals surface area contributed by atoms with Crippen LogP contribution in [0.2, 0.25) is 0 Å². The second-order valence-corrected chi connectivity index (χ2v) is 7.13. The third-order valence-corrected chi connectivity index (χ3v) is 4.70. The molecule has 0 saturated carbocycles. The maximum Gasteiger partial charge on any atom is 0.254 e. The minimum Gasteiger partial charge on any atom is -0.491 e. The minimum atomic E-state index is 0.117. The van der Waals surface area contributed by atoms with Crippen molar-refractivity contribution in [2.24, 2.45) is 11.8 Å². The zero-order valence-corrected chi connectivity index (χ0v) is 14.2. The number of ether oxygens (including phenoxy) is 2. The van der Waals surface area contributed by atoms with E-state index < -0.39 is 0 Å². The molecule has 0 spiro atoms. The Balaban J connectivity index is 1.62. The van der Waals surface area contributed by atoms with Gasteiger partial charge in [-0.1, -0.05) is 19.9 Å². The van der Waals surface area contributed by atoms with Crippen molar-refractivity contribution in [2.45, 2.75) is 39.2 Å². The number of carbonyl (C=O) groups excluding carboxylic acids is 1. The van der Waals surface area contributed by atoms with E-state index in [0.29, 0.717) is 18.4 Å². The average Bonchev–Trinajstić information content (AvgIpc) is 3.05. The summed E-state index contributed by atoms with van der Waals surface area (Å²) in [6, 6.07) is 7.55. The molecule has 4 nitrogen and oxygen atoms in total. The van der Waals surface area contributed by atoms with Crippen molar-refractivity contribution in [1.82, 2.24) is 4.90 Å². The largest absolute Gasteiger partial charge is 0.491 e. The maximum atomic E-state index is 12.7. The molecule has 23 heavy (non-hydrogen) atoms. The molecule has 2 fully saturated rings. The summed E-state index contributed by atoms with van der Waals surface area (Å²) in [5.41, 5.74) is 0.719. The summed E-state index contributed by atoms with van der Waals surface area (Å²) >= 11 is 0. The van der Waals surface area contributed by atoms with Crippen LogP contribution in [0.5, 0.6) is 5.75 Å². The molecule has 1 amide bonds. The Kier molecular flexibility index (Phi) is 5.21. The standard InChI is InChI=1S/C19H27NO3/c1-14-9-15(2)12-20(11-14)19(21)16-5-3-6-17(10-16)23-13-18-7-4-8-22-18/h3,5-6,10,14-15,18H,4,7-9,11-13H2,1-2H3. The quantitative estimate of drug-likeness (QED) is 0.855. The topological polar surface area (TPSA) is 38.8 Å². The Labute approximate surface area is 138 Å². The van der Waals surface area contributed by atoms with Gasteiger partial charge >= 0.3 is 0 Å². The van der Waals surface area contributed by atoms with Crippen LogP contribution in [-0.4, -0.2) is 43.2 Å². The van der Waals surface area contributed by atoms with Crippen molar-refractivity contribution in [3.63, 3.8) is 0 Å². The fraction of sp³-hybridized carbons (Fsp3) is 0.632. The zero-order chi connectivity index (χ0) is 16.2. The third kappa shape index (κ3) is 4.25. The number of hydrogen-bond donors (Lipinski definition) is 0. The van der Waals surface area contributed by atoms with Gasteiger partial charge in [0.1, 0.15) is 12.4 Å². The Morgan fingerprint density at radius 3 is 2.78 bits per heavy atom. The number of nitrogens with zero attached hydrogens (tertiary/aromatic N) is 1. The smallest absolute Gasteiger partial charge is 0.254 e. The first kappa shape index (κ1) is 16.3. The average molecular weight is 317 g/mol. The lowest BCUT2D eigenvalue weighted by atomic mass is 9.91. The van der Waals surface area contributed by atoms with Crippen LogP contribution in [0.4, 0.5) is 0 Å². The van der Waals surface area contributed by atoms with Crippen LogP contribution in [0.1, 0.15) is 43.5 Å². The summed E-state index contributed by atoms with van der Waals surface area (Å²) < 4.78 is 11.4. The van der Waals surface area contributed by atoms with Gasteiger partial charge in [0.15, 0.2) is 0 Å². The summed E-state index contributed by atoms with van der Waals surface area (Å²) in [4.78, 5) is 14.7. The first-order chi connectivity index (χ1) is 11.1. The van der Waals surface area contributed by atoms with Crippen LogP contribution >= 0.6 is 0 Å². The van der Waals surface area contributed by atoms with Crippen LogP contribution in [0.3, 0.4) is 0 Å². The molecule has 3 atom stereocenters. The van der Waals surface area contributed by atoms with Crippen LogP contribution in [-0.2, 0) is 4.74 Å². The van der Waals surface area contributed by atoms with Gasteiger partial charge in [-0.25, -0.2) is 0 Å². The Hall–Kier alpha value is -1.55. The Bertz CT molecular complexity index is 529. The number of piperidine rings is 1. The van der Waals surface area contributed by atoms with Crippen molar-refractivity contribution >= 4 is 5.91 Å². The van der Waals surface area contributed by atoms with E-state index in [1.165, 1.54) is 6.42 Å². The summed E-state index contributed by atoms with van der Waals surface area (Å²) in [5.74, 6) is 2.01. The van der Waals surface area contributed by atoms with E-state index in [2.05, 4.69) is 13.8 Å². The number of likely N-dealkylation sites (tertiary alicyclic amines) is 1. The molecule has 1 aromatic carbocycles. The highest BCUT2D eigenvalue weighted by Gasteiger charge is 2.26. The molecule has 0 aliphatic carbocycles. The number of carbonyl (C=O) groups is 1. The van der Waals surface area contributed by atoms with E-state index in [9.17, 15) is 4.79 Å². The lowest BCUT2D eigenvalue weighted by Gasteiger charge is -2.35. The van der Waals surface area contributed by atoms with Gasteiger partial charge in [-0.2, -0.15) is 0 Å². The van der Waals surface area contributed by atoms with Gasteiger partial charge in [-0.15, -0.1) is 0 Å². The van der Waals surface area contributed by atoms with Crippen molar-refractivity contribution in [2.75, 3.05) is 26.3 Å². The highest BCUT2D eigenvalue weighted by Crippen LogP contribution is 2.24. The van der Waals surface area contributed by atoms with Gasteiger partial charge < -0.3 is 14.4 Å². The lowest BCUT2D eigenvalue weighted by Crippen LogP contribution is -2.42. The first-order valence-corrected chi connectivity index (χ1v) is 8.75. The predicted octanol–water partition coefficient (Wildman–Crippen LogP) is 3.36. The van der Waals surface area contributed by atoms with E-state index in [4.69, 9.17) is 9.47 Å². The molecule has 0 radical (unpaired) electrons. The molecule has 0 N–H and O–H groups in total. The van der Waals surface area contributed by atoms with Crippen LogP contribution in [0, 0.1) is 11.8 Å². The molecule has 2 aliphatic heterocycles. The van der Waals surface area contributed by atoms with Crippen molar-refractivity contribution in [3.8, 4) is 5.75 Å². The predicted molar refractivity (Wildman–Crippen MR) is 89.8 cm³/mol. The molecule has 3 unspecified atom stereocenters. The molecule has 3 rings (SSSR count). The van der Waals surface area contributed by atoms with E-state index in [1.54, 1.807) is 0 Å². The highest BCUT2D eigenvalue weighted by molar-refractivity contribution is 5.94. The maximum absolute atomic E-state index is 12.7. The molecule has 126 valence electrons. The first-order valence-electron chi connectivity index (χ1n) is 8.75. The number of benzene rings is 1. The van der Waals surface area contributed by atoms with E-state index in [0.717, 1.165) is 43.9 Å². The van der Waals surface area contributed by atoms with E-state index >= 15 is 0 Å². The van der Waals surface area contributed by atoms with Gasteiger partial charge in [-0.3, -0.25) is 4.79 Å². The van der Waals surface area contributed by atoms with Crippen molar-refractivity contribution in [3.05, 3.63) is 29.8 Å². The van der Waals surface area contributed by atoms with Gasteiger partial charge in [0, 0.05) is 25.3 Å². The molecule has 0 aromatic heterocycles. The van der Waals surface area contributed by atoms with Crippen LogP contribution in [0.25, 0.3) is 0 Å². The van der Waals surface area contributed by atoms with E-state index in [-0.39, 0.29) is 12.0 Å². The highest BCUT2D eigenvalue weighted by atomic mass is 16.5. The van der Waals surface area contributed by atoms with Gasteiger partial charge in [-0.05, 0) is 49.3 Å². The fourth-order valence-electron chi connectivity index (χ4n) is 3.70. The normalized spacial score (nSPS) is 27.9. The third-order valence-electron chi connectivity index (χ3n) is 4.70. The molecule has 1 aromatic rings. The molecular formula is C19H27NO3. The SMILES string of the molecule is CC1CC(C)CN(C(=O)c2cccc(OCC3CCCO3)c2)C1. The van der Waals surface area contributed by atoms with Gasteiger partial charge in [0.25, 0.3) is 5.91 Å². The Morgan fingerprint density at radius 2 is 2.09 bits per heavy atom. The molecule has 2 aliphatic rings. The van der Waals surface area contributed by atoms with Gasteiger partial charge in [0.2, 0.25) is 0 Å². The number of amides is 1. The summed E-state index contributed by atoms with van der Waals surface area (Å²) in [6.07, 6.45) is 3.56. The number of rotatable bonds is 4. The number of hydrogen-bond acceptors (Lipinski definition) is 3. The molecular weight excluding hydrogens is 290 g/mol. The van der Waals surface area contributed by atoms with Crippen molar-refractivity contribution < 1.29 is 14.3 Å². The monoisotopic (exact) mass is 317 g/mol. The summed E-state index contributed by atoms with van der Waals surface area (Å²) in [5, 5.41) is 0. The fourth-order valence-corrected chi connectivity index (χ4v) is 3.70. The summed E-state index contributed by atoms with van der Waals surface area (Å²) in [7, 11) is 0. The van der Waals surface area contributed by atoms with E-state index in [1.807, 2.05) is 29.2 Å². The second-order valence-electron chi connectivity index (χ2n) is 7.13. The lowest BCUT2D eigenvalue weighted by molar-refractivity contribution is 0.0619. The Morgan fingerprint density at radius 1 is 1.30 bits per heavy atom. The van der Waals surface area contributed by atoms with Crippen LogP contribution < -0.4 is 4.74 Å². The zero-order valence-electron chi connectivity index (χ0n) is 14.2. The molecule has 0 bridgehead atoms. The van der Waals surface area contributed by atoms with Gasteiger partial charge in [0.05, 0.1) is 6.10 Å². The van der Waals surface area contributed by atoms with Crippen molar-refractivity contribution in [1.29, 1.82) is 0 Å². The molecule has 4 heteroatoms. The molecule has 2 saturated heterocycles. The second kappa shape index (κ2) is 7.35. The summed E-state index contributed by atoms with van der Waals surface area (Å²) in [6.45, 7) is 7.54.